The van der Waals surface area contributed by atoms with Crippen LogP contribution in [0, 0.1) is 23.2 Å². The highest BCUT2D eigenvalue weighted by Crippen LogP contribution is 2.61. The van der Waals surface area contributed by atoms with Gasteiger partial charge in [-0.1, -0.05) is 42.5 Å². The van der Waals surface area contributed by atoms with Gasteiger partial charge in [0.2, 0.25) is 5.91 Å². The van der Waals surface area contributed by atoms with E-state index in [4.69, 9.17) is 4.98 Å². The number of anilines is 1. The van der Waals surface area contributed by atoms with Gasteiger partial charge in [0.05, 0.1) is 5.69 Å². The quantitative estimate of drug-likeness (QED) is 0.474. The zero-order chi connectivity index (χ0) is 20.8. The number of thiazole rings is 1. The molecule has 0 spiro atoms. The van der Waals surface area contributed by atoms with Crippen LogP contribution in [0.3, 0.4) is 0 Å². The highest BCUT2D eigenvalue weighted by atomic mass is 32.1. The van der Waals surface area contributed by atoms with E-state index in [1.807, 2.05) is 30.3 Å². The molecule has 1 amide bonds. The van der Waals surface area contributed by atoms with Gasteiger partial charge in [-0.2, -0.15) is 0 Å². The standard InChI is InChI=1S/C27H28N2OS/c30-25(16-27-13-18-10-19(14-27)12-20(11-18)15-27)28-23-8-6-21(7-9-23)24-17-31-26(29-24)22-4-2-1-3-5-22/h1-9,17-20H,10-16H2,(H,28,30). The fraction of sp³-hybridized carbons (Fsp3) is 0.407. The normalized spacial score (nSPS) is 28.6. The van der Waals surface area contributed by atoms with Gasteiger partial charge in [-0.05, 0) is 73.8 Å². The van der Waals surface area contributed by atoms with Crippen LogP contribution in [-0.4, -0.2) is 10.9 Å². The summed E-state index contributed by atoms with van der Waals surface area (Å²) in [6.07, 6.45) is 8.79. The fourth-order valence-corrected chi connectivity index (χ4v) is 7.73. The molecule has 1 aromatic heterocycles. The summed E-state index contributed by atoms with van der Waals surface area (Å²) < 4.78 is 0. The van der Waals surface area contributed by atoms with E-state index in [2.05, 4.69) is 35.0 Å². The molecule has 0 aliphatic heterocycles. The van der Waals surface area contributed by atoms with E-state index in [1.54, 1.807) is 11.3 Å². The lowest BCUT2D eigenvalue weighted by Crippen LogP contribution is -2.47. The Hall–Kier alpha value is -2.46. The van der Waals surface area contributed by atoms with Gasteiger partial charge in [0.1, 0.15) is 5.01 Å². The van der Waals surface area contributed by atoms with Crippen molar-refractivity contribution in [3.05, 3.63) is 60.0 Å². The van der Waals surface area contributed by atoms with E-state index in [9.17, 15) is 4.79 Å². The average Bonchev–Trinajstić information content (AvgIpc) is 3.24. The van der Waals surface area contributed by atoms with E-state index in [-0.39, 0.29) is 11.3 Å². The molecule has 0 unspecified atom stereocenters. The maximum absolute atomic E-state index is 12.9. The topological polar surface area (TPSA) is 42.0 Å². The summed E-state index contributed by atoms with van der Waals surface area (Å²) in [5.41, 5.74) is 4.38. The van der Waals surface area contributed by atoms with Crippen molar-refractivity contribution in [1.82, 2.24) is 4.98 Å². The van der Waals surface area contributed by atoms with Gasteiger partial charge in [-0.15, -0.1) is 11.3 Å². The van der Waals surface area contributed by atoms with Crippen molar-refractivity contribution in [3.8, 4) is 21.8 Å². The maximum Gasteiger partial charge on any atom is 0.224 e. The highest BCUT2D eigenvalue weighted by molar-refractivity contribution is 7.13. The second-order valence-electron chi connectivity index (χ2n) is 10.1. The molecule has 158 valence electrons. The van der Waals surface area contributed by atoms with Crippen molar-refractivity contribution >= 4 is 22.9 Å². The molecule has 2 aromatic carbocycles. The van der Waals surface area contributed by atoms with Crippen molar-refractivity contribution in [2.75, 3.05) is 5.32 Å². The van der Waals surface area contributed by atoms with Gasteiger partial charge >= 0.3 is 0 Å². The Morgan fingerprint density at radius 3 is 2.19 bits per heavy atom. The van der Waals surface area contributed by atoms with E-state index in [1.165, 1.54) is 38.5 Å². The second-order valence-corrected chi connectivity index (χ2v) is 11.0. The summed E-state index contributed by atoms with van der Waals surface area (Å²) in [7, 11) is 0. The molecule has 1 heterocycles. The Bertz CT molecular complexity index is 1050. The van der Waals surface area contributed by atoms with E-state index >= 15 is 0 Å². The Balaban J connectivity index is 1.12. The average molecular weight is 429 g/mol. The summed E-state index contributed by atoms with van der Waals surface area (Å²) in [4.78, 5) is 17.7. The Morgan fingerprint density at radius 2 is 1.55 bits per heavy atom. The molecule has 3 nitrogen and oxygen atoms in total. The Morgan fingerprint density at radius 1 is 0.903 bits per heavy atom. The molecule has 1 N–H and O–H groups in total. The number of hydrogen-bond donors (Lipinski definition) is 1. The summed E-state index contributed by atoms with van der Waals surface area (Å²) in [5.74, 6) is 2.85. The van der Waals surface area contributed by atoms with Crippen LogP contribution in [0.2, 0.25) is 0 Å². The third-order valence-corrected chi connectivity index (χ3v) is 8.58. The lowest BCUT2D eigenvalue weighted by atomic mass is 9.49. The molecule has 0 saturated heterocycles. The van der Waals surface area contributed by atoms with Crippen LogP contribution in [0.1, 0.15) is 44.9 Å². The van der Waals surface area contributed by atoms with Crippen molar-refractivity contribution in [1.29, 1.82) is 0 Å². The number of nitrogens with zero attached hydrogens (tertiary/aromatic N) is 1. The van der Waals surface area contributed by atoms with Crippen LogP contribution in [-0.2, 0) is 4.79 Å². The number of benzene rings is 2. The molecule has 0 radical (unpaired) electrons. The summed E-state index contributed by atoms with van der Waals surface area (Å²) in [6.45, 7) is 0. The van der Waals surface area contributed by atoms with Crippen LogP contribution < -0.4 is 5.32 Å². The minimum Gasteiger partial charge on any atom is -0.326 e. The molecule has 0 atom stereocenters. The second kappa shape index (κ2) is 7.59. The number of carbonyl (C=O) groups excluding carboxylic acids is 1. The van der Waals surface area contributed by atoms with Crippen molar-refractivity contribution in [2.45, 2.75) is 44.9 Å². The number of amides is 1. The number of rotatable bonds is 5. The predicted molar refractivity (Wildman–Crippen MR) is 127 cm³/mol. The van der Waals surface area contributed by atoms with E-state index in [0.29, 0.717) is 6.42 Å². The van der Waals surface area contributed by atoms with Crippen LogP contribution in [0.15, 0.2) is 60.0 Å². The van der Waals surface area contributed by atoms with E-state index in [0.717, 1.165) is 45.3 Å². The van der Waals surface area contributed by atoms with Crippen molar-refractivity contribution < 1.29 is 4.79 Å². The smallest absolute Gasteiger partial charge is 0.224 e. The third kappa shape index (κ3) is 3.82. The van der Waals surface area contributed by atoms with E-state index < -0.39 is 0 Å². The number of hydrogen-bond acceptors (Lipinski definition) is 3. The molecule has 31 heavy (non-hydrogen) atoms. The van der Waals surface area contributed by atoms with Gasteiger partial charge in [-0.25, -0.2) is 4.98 Å². The molecule has 4 bridgehead atoms. The molecular weight excluding hydrogens is 400 g/mol. The van der Waals surface area contributed by atoms with Gasteiger partial charge in [0, 0.05) is 28.6 Å². The molecule has 4 saturated carbocycles. The van der Waals surface area contributed by atoms with Crippen LogP contribution in [0.5, 0.6) is 0 Å². The van der Waals surface area contributed by atoms with Gasteiger partial charge in [0.25, 0.3) is 0 Å². The first-order chi connectivity index (χ1) is 15.1. The SMILES string of the molecule is O=C(CC12CC3CC(CC(C3)C1)C2)Nc1ccc(-c2csc(-c3ccccc3)n2)cc1. The lowest BCUT2D eigenvalue weighted by molar-refractivity contribution is -0.124. The summed E-state index contributed by atoms with van der Waals surface area (Å²) in [6, 6.07) is 18.4. The molecular formula is C27H28N2OS. The van der Waals surface area contributed by atoms with Crippen LogP contribution >= 0.6 is 11.3 Å². The highest BCUT2D eigenvalue weighted by Gasteiger charge is 2.51. The van der Waals surface area contributed by atoms with Crippen LogP contribution in [0.4, 0.5) is 5.69 Å². The predicted octanol–water partition coefficient (Wildman–Crippen LogP) is 7.02. The number of carbonyl (C=O) groups is 1. The Kier molecular flexibility index (Phi) is 4.71. The van der Waals surface area contributed by atoms with Gasteiger partial charge < -0.3 is 5.32 Å². The van der Waals surface area contributed by atoms with Crippen LogP contribution in [0.25, 0.3) is 21.8 Å². The number of aromatic nitrogens is 1. The lowest BCUT2D eigenvalue weighted by Gasteiger charge is -2.56. The molecule has 4 aliphatic rings. The fourth-order valence-electron chi connectivity index (χ4n) is 6.90. The zero-order valence-corrected chi connectivity index (χ0v) is 18.5. The Labute approximate surface area is 187 Å². The largest absolute Gasteiger partial charge is 0.326 e. The minimum absolute atomic E-state index is 0.190. The first-order valence-electron chi connectivity index (χ1n) is 11.6. The maximum atomic E-state index is 12.9. The molecule has 4 heteroatoms. The first kappa shape index (κ1) is 19.2. The number of nitrogens with one attached hydrogen (secondary N) is 1. The third-order valence-electron chi connectivity index (χ3n) is 7.69. The van der Waals surface area contributed by atoms with Crippen molar-refractivity contribution in [3.63, 3.8) is 0 Å². The molecule has 4 aliphatic carbocycles. The van der Waals surface area contributed by atoms with Crippen molar-refractivity contribution in [2.24, 2.45) is 23.2 Å². The molecule has 4 fully saturated rings. The molecule has 3 aromatic rings. The monoisotopic (exact) mass is 428 g/mol. The van der Waals surface area contributed by atoms with Gasteiger partial charge in [0.15, 0.2) is 0 Å². The first-order valence-corrected chi connectivity index (χ1v) is 12.4. The summed E-state index contributed by atoms with van der Waals surface area (Å²) >= 11 is 1.66. The van der Waals surface area contributed by atoms with Gasteiger partial charge in [-0.3, -0.25) is 4.79 Å². The minimum atomic E-state index is 0.190. The molecule has 7 rings (SSSR count). The summed E-state index contributed by atoms with van der Waals surface area (Å²) in [5, 5.41) is 6.30. The zero-order valence-electron chi connectivity index (χ0n) is 17.7.